The third-order valence-corrected chi connectivity index (χ3v) is 4.93. The van der Waals surface area contributed by atoms with Crippen LogP contribution in [0.1, 0.15) is 48.0 Å². The Kier molecular flexibility index (Phi) is 3.66. The van der Waals surface area contributed by atoms with Gasteiger partial charge < -0.3 is 5.32 Å². The van der Waals surface area contributed by atoms with Crippen molar-refractivity contribution in [3.63, 3.8) is 0 Å². The summed E-state index contributed by atoms with van der Waals surface area (Å²) < 4.78 is 2.02. The van der Waals surface area contributed by atoms with Gasteiger partial charge in [0.1, 0.15) is 0 Å². The molecule has 5 heteroatoms. The highest BCUT2D eigenvalue weighted by Crippen LogP contribution is 2.29. The molecule has 1 aliphatic rings. The first kappa shape index (κ1) is 12.8. The number of nitrogens with one attached hydrogen (secondary N) is 1. The van der Waals surface area contributed by atoms with Crippen LogP contribution in [-0.4, -0.2) is 21.3 Å². The molecule has 0 spiro atoms. The summed E-state index contributed by atoms with van der Waals surface area (Å²) in [4.78, 5) is 4.39. The average molecular weight is 276 g/mol. The molecule has 19 heavy (non-hydrogen) atoms. The van der Waals surface area contributed by atoms with E-state index in [4.69, 9.17) is 0 Å². The van der Waals surface area contributed by atoms with Gasteiger partial charge in [0, 0.05) is 48.4 Å². The Bertz CT molecular complexity index is 532. The molecule has 2 aromatic rings. The van der Waals surface area contributed by atoms with Gasteiger partial charge in [0.05, 0.1) is 11.2 Å². The zero-order valence-electron chi connectivity index (χ0n) is 11.5. The number of thiazole rings is 1. The zero-order chi connectivity index (χ0) is 13.2. The molecule has 2 unspecified atom stereocenters. The van der Waals surface area contributed by atoms with E-state index < -0.39 is 0 Å². The van der Waals surface area contributed by atoms with Gasteiger partial charge in [0.15, 0.2) is 0 Å². The number of nitrogens with zero attached hydrogens (tertiary/aromatic N) is 3. The number of fused-ring (bicyclic) bond motifs is 1. The van der Waals surface area contributed by atoms with Crippen LogP contribution in [0.5, 0.6) is 0 Å². The van der Waals surface area contributed by atoms with Crippen LogP contribution in [0.25, 0.3) is 0 Å². The van der Waals surface area contributed by atoms with Gasteiger partial charge in [-0.05, 0) is 19.3 Å². The molecule has 0 saturated heterocycles. The number of aryl methyl sites for hydroxylation is 1. The van der Waals surface area contributed by atoms with Gasteiger partial charge in [0.25, 0.3) is 0 Å². The smallest absolute Gasteiger partial charge is 0.0965 e. The van der Waals surface area contributed by atoms with Crippen molar-refractivity contribution in [1.29, 1.82) is 0 Å². The highest BCUT2D eigenvalue weighted by molar-refractivity contribution is 7.09. The Balaban J connectivity index is 1.65. The van der Waals surface area contributed by atoms with Crippen LogP contribution in [-0.2, 0) is 13.5 Å². The van der Waals surface area contributed by atoms with E-state index in [2.05, 4.69) is 22.3 Å². The first-order valence-electron chi connectivity index (χ1n) is 6.89. The van der Waals surface area contributed by atoms with E-state index in [1.54, 1.807) is 11.3 Å². The second-order valence-electron chi connectivity index (χ2n) is 5.29. The minimum atomic E-state index is 0.458. The van der Waals surface area contributed by atoms with Crippen molar-refractivity contribution in [3.8, 4) is 0 Å². The summed E-state index contributed by atoms with van der Waals surface area (Å²) in [6, 6.07) is 0.458. The SMILES string of the molecule is CC(CNC1CCCc2c1cnn2C)c1nccs1. The topological polar surface area (TPSA) is 42.7 Å². The summed E-state index contributed by atoms with van der Waals surface area (Å²) in [5.74, 6) is 0.474. The largest absolute Gasteiger partial charge is 0.309 e. The van der Waals surface area contributed by atoms with Crippen LogP contribution >= 0.6 is 11.3 Å². The Morgan fingerprint density at radius 1 is 1.58 bits per heavy atom. The summed E-state index contributed by atoms with van der Waals surface area (Å²) in [5, 5.41) is 11.3. The summed E-state index contributed by atoms with van der Waals surface area (Å²) in [7, 11) is 2.04. The van der Waals surface area contributed by atoms with Crippen LogP contribution in [0.2, 0.25) is 0 Å². The van der Waals surface area contributed by atoms with Crippen molar-refractivity contribution >= 4 is 11.3 Å². The molecule has 4 nitrogen and oxygen atoms in total. The first-order valence-corrected chi connectivity index (χ1v) is 7.77. The first-order chi connectivity index (χ1) is 9.25. The molecule has 0 fully saturated rings. The Morgan fingerprint density at radius 2 is 2.47 bits per heavy atom. The summed E-state index contributed by atoms with van der Waals surface area (Å²) in [5.41, 5.74) is 2.78. The molecule has 3 rings (SSSR count). The van der Waals surface area contributed by atoms with Crippen molar-refractivity contribution in [2.24, 2.45) is 7.05 Å². The van der Waals surface area contributed by atoms with E-state index in [-0.39, 0.29) is 0 Å². The second kappa shape index (κ2) is 5.43. The summed E-state index contributed by atoms with van der Waals surface area (Å²) in [6.45, 7) is 3.21. The van der Waals surface area contributed by atoms with Crippen LogP contribution in [0.4, 0.5) is 0 Å². The fraction of sp³-hybridized carbons (Fsp3) is 0.571. The molecule has 0 aliphatic heterocycles. The molecule has 2 aromatic heterocycles. The van der Waals surface area contributed by atoms with E-state index in [1.807, 2.05) is 29.5 Å². The lowest BCUT2D eigenvalue weighted by Gasteiger charge is -2.25. The minimum absolute atomic E-state index is 0.458. The lowest BCUT2D eigenvalue weighted by Crippen LogP contribution is -2.28. The maximum absolute atomic E-state index is 4.39. The molecule has 0 amide bonds. The van der Waals surface area contributed by atoms with Gasteiger partial charge >= 0.3 is 0 Å². The summed E-state index contributed by atoms with van der Waals surface area (Å²) in [6.07, 6.45) is 7.53. The quantitative estimate of drug-likeness (QED) is 0.933. The van der Waals surface area contributed by atoms with Crippen molar-refractivity contribution in [1.82, 2.24) is 20.1 Å². The van der Waals surface area contributed by atoms with E-state index in [9.17, 15) is 0 Å². The molecule has 0 radical (unpaired) electrons. The molecule has 0 saturated carbocycles. The predicted octanol–water partition coefficient (Wildman–Crippen LogP) is 2.65. The van der Waals surface area contributed by atoms with Crippen LogP contribution < -0.4 is 5.32 Å². The number of hydrogen-bond donors (Lipinski definition) is 1. The van der Waals surface area contributed by atoms with E-state index in [1.165, 1.54) is 29.1 Å². The van der Waals surface area contributed by atoms with Crippen molar-refractivity contribution < 1.29 is 0 Å². The third kappa shape index (κ3) is 2.58. The van der Waals surface area contributed by atoms with Crippen LogP contribution in [0, 0.1) is 0 Å². The molecule has 1 N–H and O–H groups in total. The van der Waals surface area contributed by atoms with E-state index >= 15 is 0 Å². The monoisotopic (exact) mass is 276 g/mol. The maximum Gasteiger partial charge on any atom is 0.0965 e. The predicted molar refractivity (Wildman–Crippen MR) is 77.4 cm³/mol. The average Bonchev–Trinajstić information content (AvgIpc) is 3.07. The van der Waals surface area contributed by atoms with E-state index in [0.717, 1.165) is 13.0 Å². The molecule has 1 aliphatic carbocycles. The molecule has 2 heterocycles. The van der Waals surface area contributed by atoms with Crippen LogP contribution in [0.3, 0.4) is 0 Å². The van der Waals surface area contributed by atoms with Crippen molar-refractivity contribution in [3.05, 3.63) is 34.0 Å². The van der Waals surface area contributed by atoms with Gasteiger partial charge in [-0.2, -0.15) is 5.10 Å². The number of hydrogen-bond acceptors (Lipinski definition) is 4. The normalized spacial score (nSPS) is 20.2. The van der Waals surface area contributed by atoms with E-state index in [0.29, 0.717) is 12.0 Å². The van der Waals surface area contributed by atoms with Crippen molar-refractivity contribution in [2.75, 3.05) is 6.54 Å². The molecular formula is C14H20N4S. The Morgan fingerprint density at radius 3 is 3.26 bits per heavy atom. The minimum Gasteiger partial charge on any atom is -0.309 e. The fourth-order valence-electron chi connectivity index (χ4n) is 2.80. The fourth-order valence-corrected chi connectivity index (χ4v) is 3.50. The molecular weight excluding hydrogens is 256 g/mol. The molecule has 102 valence electrons. The molecule has 0 bridgehead atoms. The number of rotatable bonds is 4. The van der Waals surface area contributed by atoms with Gasteiger partial charge in [-0.25, -0.2) is 4.98 Å². The van der Waals surface area contributed by atoms with Gasteiger partial charge in [-0.15, -0.1) is 11.3 Å². The Hall–Kier alpha value is -1.20. The van der Waals surface area contributed by atoms with Gasteiger partial charge in [-0.1, -0.05) is 6.92 Å². The maximum atomic E-state index is 4.39. The molecule has 2 atom stereocenters. The lowest BCUT2D eigenvalue weighted by atomic mass is 9.92. The zero-order valence-corrected chi connectivity index (χ0v) is 12.3. The standard InChI is InChI=1S/C14H20N4S/c1-10(14-15-6-7-19-14)8-16-12-4-3-5-13-11(12)9-17-18(13)2/h6-7,9-10,12,16H,3-5,8H2,1-2H3. The van der Waals surface area contributed by atoms with Crippen molar-refractivity contribution in [2.45, 2.75) is 38.1 Å². The highest BCUT2D eigenvalue weighted by atomic mass is 32.1. The van der Waals surface area contributed by atoms with Gasteiger partial charge in [-0.3, -0.25) is 4.68 Å². The highest BCUT2D eigenvalue weighted by Gasteiger charge is 2.23. The number of aromatic nitrogens is 3. The lowest BCUT2D eigenvalue weighted by molar-refractivity contribution is 0.440. The second-order valence-corrected chi connectivity index (χ2v) is 6.22. The summed E-state index contributed by atoms with van der Waals surface area (Å²) >= 11 is 1.74. The third-order valence-electron chi connectivity index (χ3n) is 3.92. The molecule has 0 aromatic carbocycles. The Labute approximate surface area is 117 Å². The van der Waals surface area contributed by atoms with Crippen LogP contribution in [0.15, 0.2) is 17.8 Å². The van der Waals surface area contributed by atoms with Gasteiger partial charge in [0.2, 0.25) is 0 Å².